The Kier molecular flexibility index (Phi) is 3.92. The van der Waals surface area contributed by atoms with Gasteiger partial charge in [-0.2, -0.15) is 0 Å². The summed E-state index contributed by atoms with van der Waals surface area (Å²) in [7, 11) is 0. The third-order valence-corrected chi connectivity index (χ3v) is 4.03. The molecule has 3 rings (SSSR count). The maximum Gasteiger partial charge on any atom is 0.0951 e. The number of imidazole rings is 1. The molecular formula is C16H24N4. The SMILES string of the molecule is CCCNC(C)c1cccn1Cc1cncn1C1CC1. The molecule has 2 aromatic heterocycles. The average molecular weight is 272 g/mol. The van der Waals surface area contributed by atoms with Gasteiger partial charge in [-0.15, -0.1) is 0 Å². The lowest BCUT2D eigenvalue weighted by Gasteiger charge is -2.17. The standard InChI is InChI=1S/C16H24N4/c1-3-8-18-13(2)16-5-4-9-19(16)11-15-10-17-12-20(15)14-6-7-14/h4-5,9-10,12-14,18H,3,6-8,11H2,1-2H3. The normalized spacial score (nSPS) is 16.5. The maximum absolute atomic E-state index is 4.32. The maximum atomic E-state index is 4.32. The van der Waals surface area contributed by atoms with Crippen LogP contribution in [0.4, 0.5) is 0 Å². The molecule has 1 fully saturated rings. The summed E-state index contributed by atoms with van der Waals surface area (Å²) in [4.78, 5) is 4.32. The van der Waals surface area contributed by atoms with Crippen LogP contribution in [0.5, 0.6) is 0 Å². The number of aromatic nitrogens is 3. The monoisotopic (exact) mass is 272 g/mol. The molecule has 0 saturated heterocycles. The highest BCUT2D eigenvalue weighted by atomic mass is 15.1. The van der Waals surface area contributed by atoms with E-state index in [1.807, 2.05) is 12.5 Å². The minimum Gasteiger partial charge on any atom is -0.344 e. The molecule has 108 valence electrons. The number of nitrogens with one attached hydrogen (secondary N) is 1. The van der Waals surface area contributed by atoms with Gasteiger partial charge in [-0.05, 0) is 44.9 Å². The first-order valence-electron chi connectivity index (χ1n) is 7.68. The van der Waals surface area contributed by atoms with Gasteiger partial charge < -0.3 is 14.5 Å². The quantitative estimate of drug-likeness (QED) is 0.840. The van der Waals surface area contributed by atoms with Crippen molar-refractivity contribution < 1.29 is 0 Å². The molecule has 20 heavy (non-hydrogen) atoms. The summed E-state index contributed by atoms with van der Waals surface area (Å²) in [5.41, 5.74) is 2.66. The van der Waals surface area contributed by atoms with Gasteiger partial charge in [0.1, 0.15) is 0 Å². The van der Waals surface area contributed by atoms with E-state index >= 15 is 0 Å². The first kappa shape index (κ1) is 13.4. The van der Waals surface area contributed by atoms with Gasteiger partial charge >= 0.3 is 0 Å². The van der Waals surface area contributed by atoms with E-state index in [1.165, 1.54) is 30.7 Å². The van der Waals surface area contributed by atoms with E-state index in [-0.39, 0.29) is 0 Å². The Hall–Kier alpha value is -1.55. The predicted molar refractivity (Wildman–Crippen MR) is 80.7 cm³/mol. The van der Waals surface area contributed by atoms with Crippen molar-refractivity contribution in [3.8, 4) is 0 Å². The van der Waals surface area contributed by atoms with Crippen LogP contribution in [0.25, 0.3) is 0 Å². The molecule has 2 heterocycles. The Morgan fingerprint density at radius 1 is 1.45 bits per heavy atom. The van der Waals surface area contributed by atoms with Gasteiger partial charge in [0.15, 0.2) is 0 Å². The Balaban J connectivity index is 1.74. The highest BCUT2D eigenvalue weighted by Gasteiger charge is 2.25. The highest BCUT2D eigenvalue weighted by Crippen LogP contribution is 2.35. The second kappa shape index (κ2) is 5.83. The van der Waals surface area contributed by atoms with Gasteiger partial charge in [0, 0.05) is 30.2 Å². The molecule has 1 unspecified atom stereocenters. The zero-order chi connectivity index (χ0) is 13.9. The summed E-state index contributed by atoms with van der Waals surface area (Å²) in [6.07, 6.45) is 9.93. The van der Waals surface area contributed by atoms with Crippen LogP contribution in [-0.2, 0) is 6.54 Å². The molecule has 0 spiro atoms. The molecule has 1 saturated carbocycles. The van der Waals surface area contributed by atoms with E-state index in [4.69, 9.17) is 0 Å². The molecule has 0 bridgehead atoms. The molecular weight excluding hydrogens is 248 g/mol. The van der Waals surface area contributed by atoms with Gasteiger partial charge in [-0.25, -0.2) is 4.98 Å². The van der Waals surface area contributed by atoms with Crippen molar-refractivity contribution in [3.63, 3.8) is 0 Å². The van der Waals surface area contributed by atoms with Crippen molar-refractivity contribution in [2.24, 2.45) is 0 Å². The zero-order valence-electron chi connectivity index (χ0n) is 12.4. The van der Waals surface area contributed by atoms with Crippen LogP contribution in [0, 0.1) is 0 Å². The topological polar surface area (TPSA) is 34.8 Å². The zero-order valence-corrected chi connectivity index (χ0v) is 12.4. The summed E-state index contributed by atoms with van der Waals surface area (Å²) in [5.74, 6) is 0. The summed E-state index contributed by atoms with van der Waals surface area (Å²) in [6.45, 7) is 6.41. The van der Waals surface area contributed by atoms with Gasteiger partial charge in [0.25, 0.3) is 0 Å². The lowest BCUT2D eigenvalue weighted by Crippen LogP contribution is -2.22. The Labute approximate surface area is 120 Å². The Morgan fingerprint density at radius 3 is 3.05 bits per heavy atom. The second-order valence-electron chi connectivity index (χ2n) is 5.76. The van der Waals surface area contributed by atoms with E-state index in [1.54, 1.807) is 0 Å². The van der Waals surface area contributed by atoms with Gasteiger partial charge in [-0.3, -0.25) is 0 Å². The van der Waals surface area contributed by atoms with E-state index in [2.05, 4.69) is 51.6 Å². The fourth-order valence-corrected chi connectivity index (χ4v) is 2.74. The summed E-state index contributed by atoms with van der Waals surface area (Å²) >= 11 is 0. The predicted octanol–water partition coefficient (Wildman–Crippen LogP) is 3.13. The molecule has 1 atom stereocenters. The van der Waals surface area contributed by atoms with Crippen LogP contribution in [0.1, 0.15) is 56.6 Å². The third-order valence-electron chi connectivity index (χ3n) is 4.03. The van der Waals surface area contributed by atoms with E-state index in [9.17, 15) is 0 Å². The number of hydrogen-bond acceptors (Lipinski definition) is 2. The summed E-state index contributed by atoms with van der Waals surface area (Å²) < 4.78 is 4.68. The fourth-order valence-electron chi connectivity index (χ4n) is 2.74. The first-order chi connectivity index (χ1) is 9.79. The molecule has 2 aromatic rings. The Bertz CT molecular complexity index is 550. The minimum atomic E-state index is 0.391. The lowest BCUT2D eigenvalue weighted by atomic mass is 10.2. The fraction of sp³-hybridized carbons (Fsp3) is 0.562. The molecule has 1 N–H and O–H groups in total. The van der Waals surface area contributed by atoms with Crippen molar-refractivity contribution in [2.45, 2.75) is 51.7 Å². The van der Waals surface area contributed by atoms with Gasteiger partial charge in [0.05, 0.1) is 18.6 Å². The van der Waals surface area contributed by atoms with Crippen molar-refractivity contribution in [1.29, 1.82) is 0 Å². The number of hydrogen-bond donors (Lipinski definition) is 1. The van der Waals surface area contributed by atoms with Crippen molar-refractivity contribution >= 4 is 0 Å². The van der Waals surface area contributed by atoms with Gasteiger partial charge in [-0.1, -0.05) is 6.92 Å². The van der Waals surface area contributed by atoms with Crippen LogP contribution < -0.4 is 5.32 Å². The lowest BCUT2D eigenvalue weighted by molar-refractivity contribution is 0.529. The van der Waals surface area contributed by atoms with E-state index in [0.717, 1.165) is 13.1 Å². The average Bonchev–Trinajstić information content (AvgIpc) is 3.01. The number of rotatable bonds is 7. The Morgan fingerprint density at radius 2 is 2.30 bits per heavy atom. The molecule has 0 aliphatic heterocycles. The van der Waals surface area contributed by atoms with E-state index < -0.39 is 0 Å². The van der Waals surface area contributed by atoms with E-state index in [0.29, 0.717) is 12.1 Å². The van der Waals surface area contributed by atoms with Crippen molar-refractivity contribution in [2.75, 3.05) is 6.54 Å². The molecule has 1 aliphatic rings. The molecule has 0 aromatic carbocycles. The second-order valence-corrected chi connectivity index (χ2v) is 5.76. The molecule has 4 heteroatoms. The number of nitrogens with zero attached hydrogens (tertiary/aromatic N) is 3. The first-order valence-corrected chi connectivity index (χ1v) is 7.68. The third kappa shape index (κ3) is 2.80. The molecule has 4 nitrogen and oxygen atoms in total. The van der Waals surface area contributed by atoms with Crippen molar-refractivity contribution in [3.05, 3.63) is 42.2 Å². The summed E-state index contributed by atoms with van der Waals surface area (Å²) in [5, 5.41) is 3.56. The minimum absolute atomic E-state index is 0.391. The highest BCUT2D eigenvalue weighted by molar-refractivity contribution is 5.14. The van der Waals surface area contributed by atoms with Crippen LogP contribution >= 0.6 is 0 Å². The smallest absolute Gasteiger partial charge is 0.0951 e. The van der Waals surface area contributed by atoms with Crippen LogP contribution in [0.3, 0.4) is 0 Å². The molecule has 1 aliphatic carbocycles. The van der Waals surface area contributed by atoms with Crippen LogP contribution in [0.15, 0.2) is 30.9 Å². The van der Waals surface area contributed by atoms with Crippen LogP contribution in [0.2, 0.25) is 0 Å². The molecule has 0 radical (unpaired) electrons. The molecule has 0 amide bonds. The van der Waals surface area contributed by atoms with Crippen molar-refractivity contribution in [1.82, 2.24) is 19.4 Å². The summed E-state index contributed by atoms with van der Waals surface area (Å²) in [6, 6.07) is 5.44. The van der Waals surface area contributed by atoms with Gasteiger partial charge in [0.2, 0.25) is 0 Å². The largest absolute Gasteiger partial charge is 0.344 e. The van der Waals surface area contributed by atoms with Crippen LogP contribution in [-0.4, -0.2) is 20.7 Å².